The van der Waals surface area contributed by atoms with Crippen molar-refractivity contribution in [2.24, 2.45) is 0 Å². The van der Waals surface area contributed by atoms with E-state index in [1.807, 2.05) is 79.7 Å². The van der Waals surface area contributed by atoms with E-state index in [4.69, 9.17) is 19.0 Å². The predicted molar refractivity (Wildman–Crippen MR) is 150 cm³/mol. The lowest BCUT2D eigenvalue weighted by Gasteiger charge is -2.25. The molecule has 8 heteroatoms. The molecule has 0 saturated heterocycles. The first kappa shape index (κ1) is 27.2. The second kappa shape index (κ2) is 13.1. The molecule has 0 saturated carbocycles. The van der Waals surface area contributed by atoms with Gasteiger partial charge in [0.25, 0.3) is 0 Å². The number of halogens is 1. The molecule has 1 unspecified atom stereocenters. The Bertz CT molecular complexity index is 1460. The Morgan fingerprint density at radius 2 is 1.60 bits per heavy atom. The molecule has 0 aliphatic rings. The van der Waals surface area contributed by atoms with Crippen LogP contribution in [0.15, 0.2) is 108 Å². The number of aliphatic hydroxyl groups is 1. The summed E-state index contributed by atoms with van der Waals surface area (Å²) in [6.45, 7) is 3.39. The summed E-state index contributed by atoms with van der Waals surface area (Å²) in [5, 5.41) is 15.8. The van der Waals surface area contributed by atoms with Gasteiger partial charge in [-0.25, -0.2) is 9.07 Å². The van der Waals surface area contributed by atoms with Crippen LogP contribution in [0.4, 0.5) is 4.39 Å². The van der Waals surface area contributed by atoms with E-state index in [0.29, 0.717) is 49.1 Å². The summed E-state index contributed by atoms with van der Waals surface area (Å²) in [6, 6.07) is 28.8. The Labute approximate surface area is 233 Å². The average molecular weight is 542 g/mol. The fourth-order valence-electron chi connectivity index (χ4n) is 4.47. The monoisotopic (exact) mass is 541 g/mol. The highest BCUT2D eigenvalue weighted by Gasteiger charge is 2.24. The Kier molecular flexibility index (Phi) is 8.90. The highest BCUT2D eigenvalue weighted by atomic mass is 19.1. The summed E-state index contributed by atoms with van der Waals surface area (Å²) in [4.78, 5) is 2.08. The number of rotatable bonds is 13. The van der Waals surface area contributed by atoms with Crippen molar-refractivity contribution in [2.75, 3.05) is 13.2 Å². The zero-order valence-corrected chi connectivity index (χ0v) is 22.3. The largest absolute Gasteiger partial charge is 0.491 e. The third-order valence-electron chi connectivity index (χ3n) is 6.38. The lowest BCUT2D eigenvalue weighted by Crippen LogP contribution is -2.35. The van der Waals surface area contributed by atoms with Crippen molar-refractivity contribution in [3.8, 4) is 23.1 Å². The van der Waals surface area contributed by atoms with Crippen molar-refractivity contribution >= 4 is 0 Å². The van der Waals surface area contributed by atoms with Crippen LogP contribution in [0.2, 0.25) is 0 Å². The van der Waals surface area contributed by atoms with Crippen LogP contribution < -0.4 is 9.47 Å². The average Bonchev–Trinajstić information content (AvgIpc) is 3.61. The minimum Gasteiger partial charge on any atom is -0.491 e. The molecule has 7 nitrogen and oxygen atoms in total. The van der Waals surface area contributed by atoms with E-state index in [-0.39, 0.29) is 12.4 Å². The molecule has 1 atom stereocenters. The molecule has 5 aromatic rings. The molecule has 0 aliphatic carbocycles. The van der Waals surface area contributed by atoms with Gasteiger partial charge in [0, 0.05) is 13.1 Å². The molecule has 0 amide bonds. The van der Waals surface area contributed by atoms with Crippen molar-refractivity contribution in [1.82, 2.24) is 14.7 Å². The number of para-hydroxylation sites is 2. The maximum Gasteiger partial charge on any atom is 0.227 e. The number of furan rings is 1. The quantitative estimate of drug-likeness (QED) is 0.186. The van der Waals surface area contributed by atoms with Crippen LogP contribution in [0.1, 0.15) is 23.9 Å². The summed E-state index contributed by atoms with van der Waals surface area (Å²) in [7, 11) is 0. The Hall–Kier alpha value is -4.40. The van der Waals surface area contributed by atoms with Crippen LogP contribution in [0, 0.1) is 5.82 Å². The fraction of sp³-hybridized carbons (Fsp3) is 0.219. The third-order valence-corrected chi connectivity index (χ3v) is 6.38. The van der Waals surface area contributed by atoms with Gasteiger partial charge in [-0.15, -0.1) is 0 Å². The van der Waals surface area contributed by atoms with Gasteiger partial charge in [0.05, 0.1) is 29.8 Å². The number of nitrogens with zero attached hydrogens (tertiary/aromatic N) is 3. The zero-order valence-electron chi connectivity index (χ0n) is 22.3. The van der Waals surface area contributed by atoms with Crippen LogP contribution in [-0.4, -0.2) is 39.0 Å². The highest BCUT2D eigenvalue weighted by molar-refractivity contribution is 5.44. The number of hydrogen-bond donors (Lipinski definition) is 1. The SMILES string of the molecule is CCc1nn(-c2ccc(F)cc2)c(Oc2ccccc2)c1CN(Cc1ccco1)CC(O)COc1ccccc1. The van der Waals surface area contributed by atoms with E-state index in [0.717, 1.165) is 17.0 Å². The van der Waals surface area contributed by atoms with Gasteiger partial charge in [-0.1, -0.05) is 43.3 Å². The summed E-state index contributed by atoms with van der Waals surface area (Å²) in [6.07, 6.45) is 1.53. The van der Waals surface area contributed by atoms with E-state index in [1.165, 1.54) is 12.1 Å². The molecule has 206 valence electrons. The van der Waals surface area contributed by atoms with Gasteiger partial charge in [0.15, 0.2) is 0 Å². The van der Waals surface area contributed by atoms with E-state index in [9.17, 15) is 9.50 Å². The fourth-order valence-corrected chi connectivity index (χ4v) is 4.47. The summed E-state index contributed by atoms with van der Waals surface area (Å²) in [5.41, 5.74) is 2.40. The van der Waals surface area contributed by atoms with E-state index >= 15 is 0 Å². The van der Waals surface area contributed by atoms with Crippen molar-refractivity contribution in [3.63, 3.8) is 0 Å². The van der Waals surface area contributed by atoms with Gasteiger partial charge < -0.3 is 19.0 Å². The first-order valence-corrected chi connectivity index (χ1v) is 13.3. The number of aromatic nitrogens is 2. The zero-order chi connectivity index (χ0) is 27.7. The maximum atomic E-state index is 13.7. The second-order valence-electron chi connectivity index (χ2n) is 9.41. The van der Waals surface area contributed by atoms with Gasteiger partial charge in [0.2, 0.25) is 5.88 Å². The van der Waals surface area contributed by atoms with Gasteiger partial charge in [-0.3, -0.25) is 4.90 Å². The van der Waals surface area contributed by atoms with Crippen LogP contribution in [0.25, 0.3) is 5.69 Å². The minimum absolute atomic E-state index is 0.140. The number of aryl methyl sites for hydroxylation is 1. The van der Waals surface area contributed by atoms with Gasteiger partial charge in [-0.2, -0.15) is 5.10 Å². The Morgan fingerprint density at radius 1 is 0.900 bits per heavy atom. The van der Waals surface area contributed by atoms with Crippen LogP contribution in [0.5, 0.6) is 17.4 Å². The predicted octanol–water partition coefficient (Wildman–Crippen LogP) is 6.40. The Morgan fingerprint density at radius 3 is 2.25 bits per heavy atom. The van der Waals surface area contributed by atoms with Gasteiger partial charge in [0.1, 0.15) is 35.8 Å². The molecule has 2 aromatic heterocycles. The van der Waals surface area contributed by atoms with Crippen molar-refractivity contribution in [1.29, 1.82) is 0 Å². The van der Waals surface area contributed by atoms with E-state index in [2.05, 4.69) is 4.90 Å². The molecule has 0 aliphatic heterocycles. The summed E-state index contributed by atoms with van der Waals surface area (Å²) < 4.78 is 33.3. The van der Waals surface area contributed by atoms with Crippen LogP contribution in [0.3, 0.4) is 0 Å². The highest BCUT2D eigenvalue weighted by Crippen LogP contribution is 2.32. The molecule has 0 fully saturated rings. The lowest BCUT2D eigenvalue weighted by atomic mass is 10.1. The number of benzene rings is 3. The molecular weight excluding hydrogens is 509 g/mol. The molecular formula is C32H32FN3O4. The van der Waals surface area contributed by atoms with Gasteiger partial charge >= 0.3 is 0 Å². The molecule has 0 bridgehead atoms. The van der Waals surface area contributed by atoms with Crippen molar-refractivity contribution in [3.05, 3.63) is 126 Å². The lowest BCUT2D eigenvalue weighted by molar-refractivity contribution is 0.0601. The first-order chi connectivity index (χ1) is 19.6. The molecule has 40 heavy (non-hydrogen) atoms. The Balaban J connectivity index is 1.46. The topological polar surface area (TPSA) is 72.9 Å². The van der Waals surface area contributed by atoms with Crippen LogP contribution >= 0.6 is 0 Å². The molecule has 2 heterocycles. The summed E-state index contributed by atoms with van der Waals surface area (Å²) >= 11 is 0. The third kappa shape index (κ3) is 6.97. The minimum atomic E-state index is -0.758. The molecule has 1 N–H and O–H groups in total. The number of hydrogen-bond acceptors (Lipinski definition) is 6. The molecule has 3 aromatic carbocycles. The second-order valence-corrected chi connectivity index (χ2v) is 9.41. The van der Waals surface area contributed by atoms with E-state index in [1.54, 1.807) is 23.1 Å². The normalized spacial score (nSPS) is 12.0. The number of ether oxygens (including phenoxy) is 2. The van der Waals surface area contributed by atoms with Gasteiger partial charge in [-0.05, 0) is 67.1 Å². The van der Waals surface area contributed by atoms with Crippen molar-refractivity contribution < 1.29 is 23.4 Å². The van der Waals surface area contributed by atoms with E-state index < -0.39 is 6.10 Å². The summed E-state index contributed by atoms with van der Waals surface area (Å²) in [5.74, 6) is 2.34. The molecule has 0 radical (unpaired) electrons. The molecule has 0 spiro atoms. The standard InChI is InChI=1S/C32H32FN3O4/c1-2-31-30(32(40-28-12-7-4-8-13-28)36(34-31)25-17-15-24(33)16-18-25)22-35(21-29-14-9-19-38-29)20-26(37)23-39-27-10-5-3-6-11-27/h3-19,26,37H,2,20-23H2,1H3. The van der Waals surface area contributed by atoms with Crippen molar-refractivity contribution in [2.45, 2.75) is 32.5 Å². The first-order valence-electron chi connectivity index (χ1n) is 13.3. The maximum absolute atomic E-state index is 13.7. The smallest absolute Gasteiger partial charge is 0.227 e. The number of aliphatic hydroxyl groups excluding tert-OH is 1. The molecule has 5 rings (SSSR count). The van der Waals surface area contributed by atoms with Crippen LogP contribution in [-0.2, 0) is 19.5 Å².